The molecule has 0 saturated heterocycles. The van der Waals surface area contributed by atoms with Gasteiger partial charge in [-0.15, -0.1) is 0 Å². The number of aryl methyl sites for hydroxylation is 3. The topological polar surface area (TPSA) is 58.2 Å². The summed E-state index contributed by atoms with van der Waals surface area (Å²) in [6.45, 7) is 6.56. The second-order valence-electron chi connectivity index (χ2n) is 7.55. The molecular formula is C23H26N2O2S. The molecule has 2 N–H and O–H groups in total. The van der Waals surface area contributed by atoms with Crippen LogP contribution in [0.2, 0.25) is 0 Å². The van der Waals surface area contributed by atoms with Crippen molar-refractivity contribution in [2.75, 3.05) is 11.9 Å². The lowest BCUT2D eigenvalue weighted by Gasteiger charge is -2.16. The van der Waals surface area contributed by atoms with Crippen LogP contribution in [0, 0.1) is 26.7 Å². The molecule has 0 aliphatic heterocycles. The Balaban J connectivity index is 1.59. The first-order valence-electron chi connectivity index (χ1n) is 9.61. The molecule has 0 spiro atoms. The number of benzene rings is 2. The molecule has 2 aromatic carbocycles. The maximum absolute atomic E-state index is 13.0. The Morgan fingerprint density at radius 3 is 2.36 bits per heavy atom. The van der Waals surface area contributed by atoms with Gasteiger partial charge in [0, 0.05) is 24.6 Å². The summed E-state index contributed by atoms with van der Waals surface area (Å²) in [4.78, 5) is 25.6. The molecule has 0 bridgehead atoms. The largest absolute Gasteiger partial charge is 0.362 e. The van der Waals surface area contributed by atoms with Gasteiger partial charge in [0.25, 0.3) is 0 Å². The number of hydrogen-bond donors (Lipinski definition) is 2. The van der Waals surface area contributed by atoms with Gasteiger partial charge in [-0.3, -0.25) is 9.59 Å². The summed E-state index contributed by atoms with van der Waals surface area (Å²) in [5, 5.41) is 6.76. The van der Waals surface area contributed by atoms with Crippen LogP contribution in [0.3, 0.4) is 0 Å². The minimum absolute atomic E-state index is 0.0371. The third kappa shape index (κ3) is 4.47. The summed E-state index contributed by atoms with van der Waals surface area (Å²) >= 11 is 5.30. The number of nitrogens with one attached hydrogen (secondary N) is 2. The zero-order valence-electron chi connectivity index (χ0n) is 16.5. The van der Waals surface area contributed by atoms with E-state index in [1.165, 1.54) is 0 Å². The van der Waals surface area contributed by atoms with Crippen LogP contribution in [-0.4, -0.2) is 23.2 Å². The Hall–Kier alpha value is -2.53. The van der Waals surface area contributed by atoms with Crippen LogP contribution in [0.15, 0.2) is 42.5 Å². The van der Waals surface area contributed by atoms with Crippen LogP contribution < -0.4 is 10.6 Å². The number of Topliss-reactive ketones (excluding diaryl/α,β-unsaturated/α-hetero) is 2. The van der Waals surface area contributed by atoms with Gasteiger partial charge in [-0.25, -0.2) is 0 Å². The molecule has 2 atom stereocenters. The highest BCUT2D eigenvalue weighted by molar-refractivity contribution is 7.80. The smallest absolute Gasteiger partial charge is 0.170 e. The number of carbonyl (C=O) groups is 2. The van der Waals surface area contributed by atoms with E-state index in [2.05, 4.69) is 10.6 Å². The number of hydrogen-bond acceptors (Lipinski definition) is 3. The molecule has 5 heteroatoms. The van der Waals surface area contributed by atoms with Crippen LogP contribution >= 0.6 is 12.2 Å². The van der Waals surface area contributed by atoms with Gasteiger partial charge in [-0.2, -0.15) is 0 Å². The van der Waals surface area contributed by atoms with Gasteiger partial charge in [-0.05, 0) is 68.2 Å². The van der Waals surface area contributed by atoms with Crippen LogP contribution in [0.25, 0.3) is 0 Å². The highest BCUT2D eigenvalue weighted by atomic mass is 32.1. The number of thiocarbonyl (C=S) groups is 1. The number of anilines is 1. The van der Waals surface area contributed by atoms with E-state index in [0.29, 0.717) is 24.5 Å². The molecule has 4 nitrogen and oxygen atoms in total. The highest BCUT2D eigenvalue weighted by Gasteiger charge is 2.42. The first-order chi connectivity index (χ1) is 13.4. The molecule has 0 heterocycles. The molecule has 0 aromatic heterocycles. The van der Waals surface area contributed by atoms with E-state index in [4.69, 9.17) is 12.2 Å². The van der Waals surface area contributed by atoms with Gasteiger partial charge in [-0.1, -0.05) is 35.9 Å². The zero-order valence-corrected chi connectivity index (χ0v) is 17.4. The van der Waals surface area contributed by atoms with E-state index >= 15 is 0 Å². The summed E-state index contributed by atoms with van der Waals surface area (Å²) in [6, 6.07) is 13.8. The Kier molecular flexibility index (Phi) is 6.25. The van der Waals surface area contributed by atoms with Gasteiger partial charge in [0.15, 0.2) is 10.9 Å². The average molecular weight is 395 g/mol. The van der Waals surface area contributed by atoms with Gasteiger partial charge in [0.1, 0.15) is 11.7 Å². The predicted octanol–water partition coefficient (Wildman–Crippen LogP) is 4.23. The fourth-order valence-electron chi connectivity index (χ4n) is 4.11. The highest BCUT2D eigenvalue weighted by Crippen LogP contribution is 2.37. The van der Waals surface area contributed by atoms with Gasteiger partial charge in [0.05, 0.1) is 0 Å². The predicted molar refractivity (Wildman–Crippen MR) is 117 cm³/mol. The van der Waals surface area contributed by atoms with E-state index in [1.54, 1.807) is 0 Å². The average Bonchev–Trinajstić information content (AvgIpc) is 2.90. The number of carbonyl (C=O) groups excluding carboxylic acids is 2. The molecule has 0 amide bonds. The third-order valence-corrected chi connectivity index (χ3v) is 5.54. The van der Waals surface area contributed by atoms with Crippen molar-refractivity contribution in [3.05, 3.63) is 64.7 Å². The van der Waals surface area contributed by atoms with Crippen molar-refractivity contribution >= 4 is 34.6 Å². The minimum Gasteiger partial charge on any atom is -0.362 e. The van der Waals surface area contributed by atoms with Crippen molar-refractivity contribution in [1.82, 2.24) is 5.32 Å². The van der Waals surface area contributed by atoms with Crippen LogP contribution in [0.5, 0.6) is 0 Å². The fourth-order valence-corrected chi connectivity index (χ4v) is 4.33. The zero-order chi connectivity index (χ0) is 20.3. The van der Waals surface area contributed by atoms with E-state index in [-0.39, 0.29) is 17.5 Å². The normalized spacial score (nSPS) is 19.0. The Morgan fingerprint density at radius 2 is 1.71 bits per heavy atom. The molecule has 28 heavy (non-hydrogen) atoms. The molecule has 1 aliphatic carbocycles. The number of para-hydroxylation sites is 1. The van der Waals surface area contributed by atoms with Crippen molar-refractivity contribution in [3.63, 3.8) is 0 Å². The van der Waals surface area contributed by atoms with E-state index < -0.39 is 5.92 Å². The monoisotopic (exact) mass is 394 g/mol. The number of ketones is 2. The van der Waals surface area contributed by atoms with Crippen LogP contribution in [-0.2, 0) is 9.59 Å². The molecular weight excluding hydrogens is 368 g/mol. The Morgan fingerprint density at radius 1 is 1.07 bits per heavy atom. The molecule has 1 saturated carbocycles. The maximum atomic E-state index is 13.0. The second-order valence-corrected chi connectivity index (χ2v) is 7.96. The third-order valence-electron chi connectivity index (χ3n) is 5.29. The number of rotatable bonds is 5. The Bertz CT molecular complexity index is 885. The fraction of sp³-hybridized carbons (Fsp3) is 0.348. The van der Waals surface area contributed by atoms with E-state index in [1.807, 2.05) is 63.2 Å². The molecule has 1 fully saturated rings. The van der Waals surface area contributed by atoms with Crippen molar-refractivity contribution in [2.45, 2.75) is 39.5 Å². The second kappa shape index (κ2) is 8.65. The van der Waals surface area contributed by atoms with Crippen molar-refractivity contribution in [1.29, 1.82) is 0 Å². The van der Waals surface area contributed by atoms with Gasteiger partial charge >= 0.3 is 0 Å². The molecule has 0 radical (unpaired) electrons. The van der Waals surface area contributed by atoms with Gasteiger partial charge in [0.2, 0.25) is 0 Å². The lowest BCUT2D eigenvalue weighted by molar-refractivity contribution is -0.124. The first kappa shape index (κ1) is 20.2. The summed E-state index contributed by atoms with van der Waals surface area (Å²) in [6.07, 6.45) is 0.915. The maximum Gasteiger partial charge on any atom is 0.170 e. The molecule has 2 unspecified atom stereocenters. The summed E-state index contributed by atoms with van der Waals surface area (Å²) in [5.74, 6) is -0.775. The molecule has 3 rings (SSSR count). The lowest BCUT2D eigenvalue weighted by Crippen LogP contribution is -2.31. The quantitative estimate of drug-likeness (QED) is 0.587. The first-order valence-corrected chi connectivity index (χ1v) is 10.0. The van der Waals surface area contributed by atoms with Crippen LogP contribution in [0.4, 0.5) is 5.69 Å². The molecule has 1 aliphatic rings. The summed E-state index contributed by atoms with van der Waals surface area (Å²) in [7, 11) is 0. The molecule has 146 valence electrons. The van der Waals surface area contributed by atoms with Crippen molar-refractivity contribution < 1.29 is 9.59 Å². The van der Waals surface area contributed by atoms with E-state index in [9.17, 15) is 9.59 Å². The van der Waals surface area contributed by atoms with E-state index in [0.717, 1.165) is 27.9 Å². The lowest BCUT2D eigenvalue weighted by atomic mass is 9.86. The van der Waals surface area contributed by atoms with Crippen molar-refractivity contribution in [3.8, 4) is 0 Å². The van der Waals surface area contributed by atoms with Gasteiger partial charge < -0.3 is 10.6 Å². The van der Waals surface area contributed by atoms with Crippen molar-refractivity contribution in [2.24, 2.45) is 5.92 Å². The summed E-state index contributed by atoms with van der Waals surface area (Å²) < 4.78 is 0. The minimum atomic E-state index is -0.611. The standard InChI is InChI=1S/C23H26N2O2S/c1-14-11-15(2)20(16(3)12-14)21-19(26)13-17(22(21)27)9-10-24-23(28)25-18-7-5-4-6-8-18/h4-8,11-12,17,21H,9-10,13H2,1-3H3,(H2,24,25,28). The Labute approximate surface area is 171 Å². The SMILES string of the molecule is Cc1cc(C)c(C2C(=O)CC(CCNC(=S)Nc3ccccc3)C2=O)c(C)c1. The molecule has 2 aromatic rings. The van der Waals surface area contributed by atoms with Crippen LogP contribution in [0.1, 0.15) is 41.0 Å². The summed E-state index contributed by atoms with van der Waals surface area (Å²) in [5.41, 5.74) is 5.01.